The lowest BCUT2D eigenvalue weighted by Gasteiger charge is -2.49. The summed E-state index contributed by atoms with van der Waals surface area (Å²) in [5.41, 5.74) is 20.5. The van der Waals surface area contributed by atoms with Crippen molar-refractivity contribution in [3.05, 3.63) is 336 Å². The Balaban J connectivity index is 1.00. The lowest BCUT2D eigenvalue weighted by Crippen LogP contribution is -2.44. The molecule has 0 unspecified atom stereocenters. The first-order valence-corrected chi connectivity index (χ1v) is 29.9. The molecule has 0 atom stereocenters. The SMILES string of the molecule is c1ccc(-c2nc(-c3ccccc3)nc(-n3c4ccccc4c4cc5c(cc43)C3(c4ccccc4-c4ccccc43)c3cc4c6ccccc6n(-c6nc(-c7ccccc7)nc(-c7ccccc7)n6)c4cc3C53c4ccccc4-c4ccccc43)n2)cc1. The molecule has 19 rings (SSSR count). The quantitative estimate of drug-likeness (QED) is 0.165. The minimum absolute atomic E-state index is 0.543. The maximum atomic E-state index is 5.47. The molecule has 16 aromatic rings. The molecular formula is C80H48N8. The zero-order valence-electron chi connectivity index (χ0n) is 47.3. The van der Waals surface area contributed by atoms with Crippen molar-refractivity contribution in [1.82, 2.24) is 39.0 Å². The van der Waals surface area contributed by atoms with Gasteiger partial charge in [0.15, 0.2) is 23.3 Å². The summed E-state index contributed by atoms with van der Waals surface area (Å²) >= 11 is 0. The van der Waals surface area contributed by atoms with E-state index >= 15 is 0 Å². The Labute approximate surface area is 506 Å². The smallest absolute Gasteiger partial charge is 0.238 e. The van der Waals surface area contributed by atoms with Crippen LogP contribution in [0, 0.1) is 0 Å². The third kappa shape index (κ3) is 6.57. The van der Waals surface area contributed by atoms with Gasteiger partial charge in [0.25, 0.3) is 0 Å². The molecule has 88 heavy (non-hydrogen) atoms. The van der Waals surface area contributed by atoms with E-state index in [2.05, 4.69) is 228 Å². The van der Waals surface area contributed by atoms with Crippen molar-refractivity contribution < 1.29 is 0 Å². The number of aromatic nitrogens is 8. The third-order valence-corrected chi connectivity index (χ3v) is 18.9. The standard InChI is InChI=1S/C80H48N8/c1-5-25-49(26-6-1)73-81-74(50-27-7-2-8-28-50)84-77(83-73)87-69-43-23-17-37-57(69)59-45-65-67(47-71(59)87)79(61-39-19-13-33-53(61)54-34-14-20-40-62(54)79)66-46-60-58-38-18-24-44-70(58)88(78-85-75(51-29-9-3-10-30-51)82-76(86-78)52-31-11-4-12-32-52)72(60)48-68(66)80(65)63-41-21-15-35-55(63)56-36-16-22-42-64(56)80/h1-48H. The molecule has 4 aromatic heterocycles. The molecule has 0 bridgehead atoms. The number of rotatable bonds is 6. The molecule has 8 heteroatoms. The molecule has 0 fully saturated rings. The molecular weight excluding hydrogens is 1070 g/mol. The van der Waals surface area contributed by atoms with E-state index < -0.39 is 10.8 Å². The van der Waals surface area contributed by atoms with E-state index in [-0.39, 0.29) is 0 Å². The van der Waals surface area contributed by atoms with Gasteiger partial charge in [0, 0.05) is 43.8 Å². The summed E-state index contributed by atoms with van der Waals surface area (Å²) in [5, 5.41) is 4.38. The fraction of sp³-hybridized carbons (Fsp3) is 0.0250. The molecule has 2 spiro atoms. The monoisotopic (exact) mass is 1120 g/mol. The van der Waals surface area contributed by atoms with Gasteiger partial charge in [-0.1, -0.05) is 255 Å². The molecule has 0 saturated heterocycles. The highest BCUT2D eigenvalue weighted by Crippen LogP contribution is 2.68. The topological polar surface area (TPSA) is 87.2 Å². The number of benzene rings is 12. The van der Waals surface area contributed by atoms with Gasteiger partial charge in [0.05, 0.1) is 32.9 Å². The summed E-state index contributed by atoms with van der Waals surface area (Å²) in [6.45, 7) is 0. The Hall–Kier alpha value is -11.7. The fourth-order valence-electron chi connectivity index (χ4n) is 15.4. The van der Waals surface area contributed by atoms with Gasteiger partial charge in [0.2, 0.25) is 11.9 Å². The van der Waals surface area contributed by atoms with Gasteiger partial charge in [0.1, 0.15) is 0 Å². The molecule has 0 amide bonds. The summed E-state index contributed by atoms with van der Waals surface area (Å²) in [6.07, 6.45) is 0. The second kappa shape index (κ2) is 18.4. The van der Waals surface area contributed by atoms with Crippen LogP contribution in [0.1, 0.15) is 44.5 Å². The number of para-hydroxylation sites is 2. The summed E-state index contributed by atoms with van der Waals surface area (Å²) in [6, 6.07) is 105. The van der Waals surface area contributed by atoms with Crippen LogP contribution in [0.4, 0.5) is 0 Å². The largest absolute Gasteiger partial charge is 0.278 e. The van der Waals surface area contributed by atoms with Crippen LogP contribution in [0.3, 0.4) is 0 Å². The van der Waals surface area contributed by atoms with Crippen LogP contribution in [0.15, 0.2) is 291 Å². The summed E-state index contributed by atoms with van der Waals surface area (Å²) < 4.78 is 4.59. The van der Waals surface area contributed by atoms with Crippen molar-refractivity contribution in [3.63, 3.8) is 0 Å². The van der Waals surface area contributed by atoms with E-state index in [4.69, 9.17) is 29.9 Å². The predicted molar refractivity (Wildman–Crippen MR) is 352 cm³/mol. The minimum Gasteiger partial charge on any atom is -0.278 e. The van der Waals surface area contributed by atoms with Crippen LogP contribution >= 0.6 is 0 Å². The molecule has 408 valence electrons. The van der Waals surface area contributed by atoms with E-state index in [1.807, 2.05) is 72.8 Å². The zero-order valence-corrected chi connectivity index (χ0v) is 47.3. The van der Waals surface area contributed by atoms with Gasteiger partial charge in [-0.25, -0.2) is 9.97 Å². The normalized spacial score (nSPS) is 13.6. The van der Waals surface area contributed by atoms with E-state index in [1.54, 1.807) is 0 Å². The average molecular weight is 1120 g/mol. The fourth-order valence-corrected chi connectivity index (χ4v) is 15.4. The van der Waals surface area contributed by atoms with Crippen molar-refractivity contribution in [3.8, 4) is 79.7 Å². The van der Waals surface area contributed by atoms with Crippen LogP contribution in [0.2, 0.25) is 0 Å². The number of hydrogen-bond acceptors (Lipinski definition) is 6. The molecule has 0 aliphatic heterocycles. The Bertz CT molecular complexity index is 5020. The molecule has 12 aromatic carbocycles. The average Bonchev–Trinajstić information content (AvgIpc) is 1.39. The van der Waals surface area contributed by atoms with Gasteiger partial charge >= 0.3 is 0 Å². The minimum atomic E-state index is -0.861. The maximum absolute atomic E-state index is 5.47. The van der Waals surface area contributed by atoms with Crippen LogP contribution in [0.25, 0.3) is 123 Å². The van der Waals surface area contributed by atoms with Gasteiger partial charge in [-0.2, -0.15) is 19.9 Å². The van der Waals surface area contributed by atoms with Crippen LogP contribution in [-0.2, 0) is 10.8 Å². The lowest BCUT2D eigenvalue weighted by molar-refractivity contribution is 0.635. The van der Waals surface area contributed by atoms with Crippen LogP contribution < -0.4 is 0 Å². The number of hydrogen-bond donors (Lipinski definition) is 0. The molecule has 8 nitrogen and oxygen atoms in total. The first-order valence-electron chi connectivity index (χ1n) is 29.9. The van der Waals surface area contributed by atoms with E-state index in [1.165, 1.54) is 66.8 Å². The van der Waals surface area contributed by atoms with Crippen molar-refractivity contribution in [2.24, 2.45) is 0 Å². The Morgan fingerprint density at radius 2 is 0.466 bits per heavy atom. The summed E-state index contributed by atoms with van der Waals surface area (Å²) in [5.74, 6) is 3.49. The first kappa shape index (κ1) is 48.6. The van der Waals surface area contributed by atoms with Crippen molar-refractivity contribution >= 4 is 43.6 Å². The Morgan fingerprint density at radius 3 is 0.784 bits per heavy atom. The summed E-state index contributed by atoms with van der Waals surface area (Å²) in [4.78, 5) is 32.3. The predicted octanol–water partition coefficient (Wildman–Crippen LogP) is 18.0. The molecule has 0 radical (unpaired) electrons. The van der Waals surface area contributed by atoms with Gasteiger partial charge in [-0.15, -0.1) is 0 Å². The van der Waals surface area contributed by atoms with Crippen molar-refractivity contribution in [1.29, 1.82) is 0 Å². The maximum Gasteiger partial charge on any atom is 0.238 e. The highest BCUT2D eigenvalue weighted by molar-refractivity contribution is 6.13. The van der Waals surface area contributed by atoms with Crippen molar-refractivity contribution in [2.45, 2.75) is 10.8 Å². The van der Waals surface area contributed by atoms with Crippen molar-refractivity contribution in [2.75, 3.05) is 0 Å². The van der Waals surface area contributed by atoms with E-state index in [0.717, 1.165) is 65.9 Å². The number of fused-ring (bicyclic) bond motifs is 22. The highest BCUT2D eigenvalue weighted by Gasteiger charge is 2.59. The van der Waals surface area contributed by atoms with Crippen LogP contribution in [0.5, 0.6) is 0 Å². The van der Waals surface area contributed by atoms with Gasteiger partial charge in [-0.05, 0) is 103 Å². The van der Waals surface area contributed by atoms with E-state index in [9.17, 15) is 0 Å². The van der Waals surface area contributed by atoms with Gasteiger partial charge in [-0.3, -0.25) is 9.13 Å². The molecule has 3 aliphatic rings. The van der Waals surface area contributed by atoms with Crippen LogP contribution in [-0.4, -0.2) is 39.0 Å². The third-order valence-electron chi connectivity index (χ3n) is 18.9. The zero-order chi connectivity index (χ0) is 57.7. The number of nitrogens with zero attached hydrogens (tertiary/aromatic N) is 8. The molecule has 4 heterocycles. The second-order valence-corrected chi connectivity index (χ2v) is 23.2. The van der Waals surface area contributed by atoms with Gasteiger partial charge < -0.3 is 0 Å². The summed E-state index contributed by atoms with van der Waals surface area (Å²) in [7, 11) is 0. The Kier molecular flexibility index (Phi) is 10.2. The Morgan fingerprint density at radius 1 is 0.205 bits per heavy atom. The molecule has 0 saturated carbocycles. The lowest BCUT2D eigenvalue weighted by atomic mass is 9.52. The second-order valence-electron chi connectivity index (χ2n) is 23.2. The first-order chi connectivity index (χ1) is 43.6. The molecule has 3 aliphatic carbocycles. The molecule has 0 N–H and O–H groups in total. The van der Waals surface area contributed by atoms with E-state index in [0.29, 0.717) is 35.2 Å². The highest BCUT2D eigenvalue weighted by atomic mass is 15.2.